The lowest BCUT2D eigenvalue weighted by atomic mass is 10.0. The highest BCUT2D eigenvalue weighted by molar-refractivity contribution is 7.15. The van der Waals surface area contributed by atoms with E-state index in [0.717, 1.165) is 11.1 Å². The lowest BCUT2D eigenvalue weighted by Gasteiger charge is -2.09. The average Bonchev–Trinajstić information content (AvgIpc) is 3.29. The summed E-state index contributed by atoms with van der Waals surface area (Å²) in [6.07, 6.45) is 0.240. The van der Waals surface area contributed by atoms with Crippen LogP contribution in [0.25, 0.3) is 11.1 Å². The molecule has 6 nitrogen and oxygen atoms in total. The summed E-state index contributed by atoms with van der Waals surface area (Å²) in [5.41, 5.74) is 3.60. The van der Waals surface area contributed by atoms with E-state index in [1.165, 1.54) is 18.4 Å². The lowest BCUT2D eigenvalue weighted by Crippen LogP contribution is -2.14. The Bertz CT molecular complexity index is 1140. The van der Waals surface area contributed by atoms with Crippen molar-refractivity contribution in [2.24, 2.45) is 0 Å². The van der Waals surface area contributed by atoms with Gasteiger partial charge in [-0.3, -0.25) is 9.59 Å². The van der Waals surface area contributed by atoms with E-state index in [1.54, 1.807) is 47.8 Å². The van der Waals surface area contributed by atoms with Crippen LogP contribution in [0.5, 0.6) is 0 Å². The number of fused-ring (bicyclic) bond motifs is 1. The number of hydrogen-bond acceptors (Lipinski definition) is 5. The summed E-state index contributed by atoms with van der Waals surface area (Å²) in [4.78, 5) is 36.7. The first-order chi connectivity index (χ1) is 14.0. The van der Waals surface area contributed by atoms with Crippen molar-refractivity contribution < 1.29 is 19.1 Å². The van der Waals surface area contributed by atoms with Gasteiger partial charge in [0, 0.05) is 27.2 Å². The summed E-state index contributed by atoms with van der Waals surface area (Å²) in [7, 11) is 1.29. The number of carbonyl (C=O) groups excluding carboxylic acids is 3. The van der Waals surface area contributed by atoms with Gasteiger partial charge in [-0.15, -0.1) is 11.3 Å². The number of methoxy groups -OCH3 is 1. The van der Waals surface area contributed by atoms with Crippen molar-refractivity contribution in [3.8, 4) is 11.1 Å². The number of benzene rings is 2. The molecule has 1 aliphatic heterocycles. The van der Waals surface area contributed by atoms with Gasteiger partial charge in [0.05, 0.1) is 13.5 Å². The standard InChI is InChI=1S/C21H15ClN2O4S/c1-28-21(27)18-15(11-2-5-14(22)6-3-11)10-29-20(18)24-19(26)12-4-7-16-13(8-12)9-17(25)23-16/h2-8,10H,9H2,1H3,(H,23,25)(H,24,26). The van der Waals surface area contributed by atoms with Crippen LogP contribution in [-0.2, 0) is 16.0 Å². The highest BCUT2D eigenvalue weighted by Gasteiger charge is 2.24. The maximum Gasteiger partial charge on any atom is 0.341 e. The second kappa shape index (κ2) is 7.69. The van der Waals surface area contributed by atoms with Crippen LogP contribution < -0.4 is 10.6 Å². The van der Waals surface area contributed by atoms with Gasteiger partial charge in [-0.2, -0.15) is 0 Å². The lowest BCUT2D eigenvalue weighted by molar-refractivity contribution is -0.115. The highest BCUT2D eigenvalue weighted by atomic mass is 35.5. The summed E-state index contributed by atoms with van der Waals surface area (Å²) < 4.78 is 4.93. The van der Waals surface area contributed by atoms with Gasteiger partial charge in [0.2, 0.25) is 5.91 Å². The molecule has 2 heterocycles. The van der Waals surface area contributed by atoms with Crippen LogP contribution in [0.2, 0.25) is 5.02 Å². The van der Waals surface area contributed by atoms with Crippen molar-refractivity contribution in [1.29, 1.82) is 0 Å². The molecule has 1 aliphatic rings. The van der Waals surface area contributed by atoms with Crippen molar-refractivity contribution in [2.75, 3.05) is 17.7 Å². The summed E-state index contributed by atoms with van der Waals surface area (Å²) in [6, 6.07) is 12.1. The zero-order valence-electron chi connectivity index (χ0n) is 15.2. The number of thiophene rings is 1. The number of nitrogens with one attached hydrogen (secondary N) is 2. The Kier molecular flexibility index (Phi) is 5.08. The molecule has 0 unspecified atom stereocenters. The molecule has 8 heteroatoms. The molecule has 4 rings (SSSR count). The van der Waals surface area contributed by atoms with Crippen LogP contribution in [-0.4, -0.2) is 24.9 Å². The molecule has 1 aromatic heterocycles. The fourth-order valence-electron chi connectivity index (χ4n) is 3.14. The smallest absolute Gasteiger partial charge is 0.341 e. The summed E-state index contributed by atoms with van der Waals surface area (Å²) in [5, 5.41) is 8.29. The van der Waals surface area contributed by atoms with E-state index >= 15 is 0 Å². The highest BCUT2D eigenvalue weighted by Crippen LogP contribution is 2.37. The third-order valence-corrected chi connectivity index (χ3v) is 5.70. The molecular formula is C21H15ClN2O4S. The molecule has 0 aliphatic carbocycles. The van der Waals surface area contributed by atoms with Crippen LogP contribution in [0.3, 0.4) is 0 Å². The van der Waals surface area contributed by atoms with Crippen LogP contribution in [0.4, 0.5) is 10.7 Å². The number of anilines is 2. The molecule has 3 aromatic rings. The molecule has 2 aromatic carbocycles. The van der Waals surface area contributed by atoms with Gasteiger partial charge in [-0.05, 0) is 41.5 Å². The van der Waals surface area contributed by atoms with Crippen molar-refractivity contribution in [3.05, 3.63) is 69.6 Å². The molecule has 0 saturated heterocycles. The molecule has 0 bridgehead atoms. The predicted molar refractivity (Wildman–Crippen MR) is 113 cm³/mol. The van der Waals surface area contributed by atoms with E-state index in [4.69, 9.17) is 16.3 Å². The molecule has 146 valence electrons. The van der Waals surface area contributed by atoms with Gasteiger partial charge >= 0.3 is 5.97 Å². The first-order valence-corrected chi connectivity index (χ1v) is 9.92. The maximum atomic E-state index is 12.8. The third kappa shape index (κ3) is 3.74. The predicted octanol–water partition coefficient (Wildman–Crippen LogP) is 4.60. The molecule has 29 heavy (non-hydrogen) atoms. The van der Waals surface area contributed by atoms with E-state index in [1.807, 2.05) is 0 Å². The van der Waals surface area contributed by atoms with Gasteiger partial charge in [0.15, 0.2) is 0 Å². The van der Waals surface area contributed by atoms with Crippen LogP contribution >= 0.6 is 22.9 Å². The molecule has 2 amide bonds. The number of rotatable bonds is 4. The second-order valence-electron chi connectivity index (χ2n) is 6.40. The molecule has 0 saturated carbocycles. The molecule has 0 atom stereocenters. The Balaban J connectivity index is 1.66. The van der Waals surface area contributed by atoms with Gasteiger partial charge in [-0.25, -0.2) is 4.79 Å². The quantitative estimate of drug-likeness (QED) is 0.597. The first kappa shape index (κ1) is 19.2. The van der Waals surface area contributed by atoms with E-state index < -0.39 is 5.97 Å². The topological polar surface area (TPSA) is 84.5 Å². The van der Waals surface area contributed by atoms with Crippen molar-refractivity contribution in [1.82, 2.24) is 0 Å². The Morgan fingerprint density at radius 3 is 2.66 bits per heavy atom. The van der Waals surface area contributed by atoms with E-state index in [2.05, 4.69) is 10.6 Å². The van der Waals surface area contributed by atoms with Crippen LogP contribution in [0, 0.1) is 0 Å². The normalized spacial score (nSPS) is 12.3. The largest absolute Gasteiger partial charge is 0.465 e. The molecule has 0 spiro atoms. The monoisotopic (exact) mass is 426 g/mol. The Hall–Kier alpha value is -3.16. The third-order valence-electron chi connectivity index (χ3n) is 4.56. The molecule has 2 N–H and O–H groups in total. The number of ether oxygens (including phenoxy) is 1. The van der Waals surface area contributed by atoms with E-state index in [0.29, 0.717) is 26.8 Å². The minimum atomic E-state index is -0.546. The number of amides is 2. The van der Waals surface area contributed by atoms with Gasteiger partial charge in [0.1, 0.15) is 10.6 Å². The molecule has 0 fully saturated rings. The summed E-state index contributed by atoms with van der Waals surface area (Å²) >= 11 is 7.18. The van der Waals surface area contributed by atoms with Gasteiger partial charge in [0.25, 0.3) is 5.91 Å². The van der Waals surface area contributed by atoms with Crippen molar-refractivity contribution >= 4 is 51.4 Å². The van der Waals surface area contributed by atoms with E-state index in [-0.39, 0.29) is 23.8 Å². The SMILES string of the molecule is COC(=O)c1c(-c2ccc(Cl)cc2)csc1NC(=O)c1ccc2c(c1)CC(=O)N2. The Labute approximate surface area is 175 Å². The zero-order chi connectivity index (χ0) is 20.5. The Morgan fingerprint density at radius 1 is 1.17 bits per heavy atom. The summed E-state index contributed by atoms with van der Waals surface area (Å²) in [6.45, 7) is 0. The van der Waals surface area contributed by atoms with E-state index in [9.17, 15) is 14.4 Å². The van der Waals surface area contributed by atoms with Gasteiger partial charge in [-0.1, -0.05) is 23.7 Å². The number of carbonyl (C=O) groups is 3. The number of hydrogen-bond donors (Lipinski definition) is 2. The zero-order valence-corrected chi connectivity index (χ0v) is 16.8. The van der Waals surface area contributed by atoms with Crippen LogP contribution in [0.1, 0.15) is 26.3 Å². The maximum absolute atomic E-state index is 12.8. The summed E-state index contributed by atoms with van der Waals surface area (Å²) in [5.74, 6) is -1.02. The van der Waals surface area contributed by atoms with Crippen molar-refractivity contribution in [3.63, 3.8) is 0 Å². The molecule has 0 radical (unpaired) electrons. The minimum absolute atomic E-state index is 0.101. The fraction of sp³-hybridized carbons (Fsp3) is 0.0952. The number of halogens is 1. The Morgan fingerprint density at radius 2 is 1.93 bits per heavy atom. The average molecular weight is 427 g/mol. The van der Waals surface area contributed by atoms with Gasteiger partial charge < -0.3 is 15.4 Å². The fourth-order valence-corrected chi connectivity index (χ4v) is 4.22. The number of esters is 1. The van der Waals surface area contributed by atoms with Crippen LogP contribution in [0.15, 0.2) is 47.8 Å². The minimum Gasteiger partial charge on any atom is -0.465 e. The van der Waals surface area contributed by atoms with Crippen molar-refractivity contribution in [2.45, 2.75) is 6.42 Å². The second-order valence-corrected chi connectivity index (χ2v) is 7.72. The molecular weight excluding hydrogens is 412 g/mol. The first-order valence-electron chi connectivity index (χ1n) is 8.66.